The number of benzene rings is 1. The van der Waals surface area contributed by atoms with Gasteiger partial charge in [0.1, 0.15) is 18.2 Å². The summed E-state index contributed by atoms with van der Waals surface area (Å²) in [5, 5.41) is 14.5. The van der Waals surface area contributed by atoms with Crippen LogP contribution >= 0.6 is 12.4 Å². The highest BCUT2D eigenvalue weighted by Gasteiger charge is 2.31. The van der Waals surface area contributed by atoms with E-state index in [4.69, 9.17) is 0 Å². The normalized spacial score (nSPS) is 17.0. The number of nitrogens with one attached hydrogen (secondary N) is 1. The molecule has 1 aliphatic rings. The van der Waals surface area contributed by atoms with E-state index in [1.165, 1.54) is 11.0 Å². The highest BCUT2D eigenvalue weighted by Crippen LogP contribution is 2.23. The van der Waals surface area contributed by atoms with Crippen molar-refractivity contribution in [3.8, 4) is 5.69 Å². The number of carbonyl (C=O) groups is 1. The average Bonchev–Trinajstić information content (AvgIpc) is 3.33. The lowest BCUT2D eigenvalue weighted by atomic mass is 10.1. The van der Waals surface area contributed by atoms with Gasteiger partial charge in [-0.3, -0.25) is 4.79 Å². The molecule has 1 N–H and O–H groups in total. The molecule has 1 unspecified atom stereocenters. The van der Waals surface area contributed by atoms with E-state index in [1.807, 2.05) is 40.9 Å². The number of aryl methyl sites for hydroxylation is 1. The maximum Gasteiger partial charge on any atom is 0.254 e. The van der Waals surface area contributed by atoms with Gasteiger partial charge in [0, 0.05) is 44.6 Å². The molecule has 1 saturated heterocycles. The molecule has 1 aromatic carbocycles. The zero-order valence-corrected chi connectivity index (χ0v) is 15.0. The lowest BCUT2D eigenvalue weighted by Crippen LogP contribution is -2.49. The first-order valence-corrected chi connectivity index (χ1v) is 8.06. The standard InChI is InChI=1S/C16H18N8O.ClH/c1-22-7-6-18-15(22)14-10-17-5-8-23(14)16(25)12-3-2-4-13(9-12)24-11-19-20-21-24;/h2-4,6-7,9,11,14,17H,5,8,10H2,1H3;1H. The highest BCUT2D eigenvalue weighted by atomic mass is 35.5. The molecule has 0 radical (unpaired) electrons. The molecule has 1 atom stereocenters. The Morgan fingerprint density at radius 2 is 2.23 bits per heavy atom. The van der Waals surface area contributed by atoms with Gasteiger partial charge < -0.3 is 14.8 Å². The van der Waals surface area contributed by atoms with Crippen LogP contribution in [0.2, 0.25) is 0 Å². The van der Waals surface area contributed by atoms with E-state index >= 15 is 0 Å². The minimum absolute atomic E-state index is 0. The van der Waals surface area contributed by atoms with Gasteiger partial charge in [0.05, 0.1) is 5.69 Å². The van der Waals surface area contributed by atoms with Crippen LogP contribution < -0.4 is 5.32 Å². The third kappa shape index (κ3) is 3.31. The number of hydrogen-bond donors (Lipinski definition) is 1. The third-order valence-corrected chi connectivity index (χ3v) is 4.37. The molecule has 1 aliphatic heterocycles. The van der Waals surface area contributed by atoms with Crippen LogP contribution in [0.3, 0.4) is 0 Å². The molecule has 26 heavy (non-hydrogen) atoms. The van der Waals surface area contributed by atoms with Gasteiger partial charge in [-0.05, 0) is 28.6 Å². The van der Waals surface area contributed by atoms with Crippen LogP contribution in [0.4, 0.5) is 0 Å². The quantitative estimate of drug-likeness (QED) is 0.721. The van der Waals surface area contributed by atoms with Crippen LogP contribution in [0, 0.1) is 0 Å². The smallest absolute Gasteiger partial charge is 0.254 e. The molecule has 10 heteroatoms. The molecule has 0 aliphatic carbocycles. The van der Waals surface area contributed by atoms with Gasteiger partial charge in [0.2, 0.25) is 0 Å². The van der Waals surface area contributed by atoms with E-state index in [1.54, 1.807) is 12.3 Å². The van der Waals surface area contributed by atoms with Gasteiger partial charge in [-0.2, -0.15) is 0 Å². The minimum Gasteiger partial charge on any atom is -0.336 e. The van der Waals surface area contributed by atoms with Crippen molar-refractivity contribution in [2.75, 3.05) is 19.6 Å². The van der Waals surface area contributed by atoms with Crippen molar-refractivity contribution in [2.45, 2.75) is 6.04 Å². The van der Waals surface area contributed by atoms with E-state index in [9.17, 15) is 4.79 Å². The summed E-state index contributed by atoms with van der Waals surface area (Å²) in [6.45, 7) is 2.08. The average molecular weight is 375 g/mol. The number of carbonyl (C=O) groups excluding carboxylic acids is 1. The molecule has 0 saturated carbocycles. The van der Waals surface area contributed by atoms with Crippen molar-refractivity contribution in [3.63, 3.8) is 0 Å². The molecule has 3 heterocycles. The largest absolute Gasteiger partial charge is 0.336 e. The van der Waals surface area contributed by atoms with Crippen LogP contribution in [-0.4, -0.2) is 60.2 Å². The molecular weight excluding hydrogens is 356 g/mol. The minimum atomic E-state index is -0.0991. The third-order valence-electron chi connectivity index (χ3n) is 4.37. The van der Waals surface area contributed by atoms with E-state index in [-0.39, 0.29) is 24.4 Å². The number of halogens is 1. The fraction of sp³-hybridized carbons (Fsp3) is 0.312. The van der Waals surface area contributed by atoms with Crippen molar-refractivity contribution in [2.24, 2.45) is 7.05 Å². The Balaban J connectivity index is 0.00000196. The second-order valence-electron chi connectivity index (χ2n) is 5.92. The summed E-state index contributed by atoms with van der Waals surface area (Å²) in [5.74, 6) is 0.849. The first-order chi connectivity index (χ1) is 12.2. The Hall–Kier alpha value is -2.78. The molecular formula is C16H19ClN8O. The molecule has 9 nitrogen and oxygen atoms in total. The fourth-order valence-electron chi connectivity index (χ4n) is 3.10. The fourth-order valence-corrected chi connectivity index (χ4v) is 3.10. The Morgan fingerprint density at radius 1 is 1.35 bits per heavy atom. The first kappa shape index (κ1) is 18.0. The van der Waals surface area contributed by atoms with Crippen LogP contribution in [0.1, 0.15) is 22.2 Å². The van der Waals surface area contributed by atoms with Gasteiger partial charge in [-0.15, -0.1) is 17.5 Å². The van der Waals surface area contributed by atoms with E-state index in [0.29, 0.717) is 18.7 Å². The van der Waals surface area contributed by atoms with E-state index < -0.39 is 0 Å². The molecule has 136 valence electrons. The molecule has 1 amide bonds. The SMILES string of the molecule is Cl.Cn1ccnc1C1CNCCN1C(=O)c1cccc(-n2cnnn2)c1. The molecule has 0 bridgehead atoms. The van der Waals surface area contributed by atoms with Crippen molar-refractivity contribution in [1.82, 2.24) is 40.0 Å². The van der Waals surface area contributed by atoms with Crippen molar-refractivity contribution in [3.05, 3.63) is 54.4 Å². The second-order valence-corrected chi connectivity index (χ2v) is 5.92. The summed E-state index contributed by atoms with van der Waals surface area (Å²) in [4.78, 5) is 19.4. The lowest BCUT2D eigenvalue weighted by Gasteiger charge is -2.35. The molecule has 1 fully saturated rings. The lowest BCUT2D eigenvalue weighted by molar-refractivity contribution is 0.0621. The van der Waals surface area contributed by atoms with Crippen LogP contribution in [0.25, 0.3) is 5.69 Å². The van der Waals surface area contributed by atoms with Crippen LogP contribution in [0.5, 0.6) is 0 Å². The van der Waals surface area contributed by atoms with Gasteiger partial charge in [0.15, 0.2) is 0 Å². The predicted octanol–water partition coefficient (Wildman–Crippen LogP) is 0.604. The van der Waals surface area contributed by atoms with Crippen molar-refractivity contribution in [1.29, 1.82) is 0 Å². The summed E-state index contributed by atoms with van der Waals surface area (Å²) in [5.41, 5.74) is 1.36. The maximum absolute atomic E-state index is 13.1. The Kier molecular flexibility index (Phi) is 5.29. The van der Waals surface area contributed by atoms with E-state index in [0.717, 1.165) is 18.1 Å². The van der Waals surface area contributed by atoms with Crippen molar-refractivity contribution >= 4 is 18.3 Å². The number of nitrogens with zero attached hydrogens (tertiary/aromatic N) is 7. The summed E-state index contributed by atoms with van der Waals surface area (Å²) < 4.78 is 3.49. The van der Waals surface area contributed by atoms with Gasteiger partial charge in [-0.1, -0.05) is 6.07 Å². The summed E-state index contributed by atoms with van der Waals surface area (Å²) in [6.07, 6.45) is 5.15. The molecule has 4 rings (SSSR count). The molecule has 0 spiro atoms. The maximum atomic E-state index is 13.1. The number of imidazole rings is 1. The van der Waals surface area contributed by atoms with Crippen LogP contribution in [0.15, 0.2) is 43.0 Å². The van der Waals surface area contributed by atoms with Crippen LogP contribution in [-0.2, 0) is 7.05 Å². The monoisotopic (exact) mass is 374 g/mol. The first-order valence-electron chi connectivity index (χ1n) is 8.06. The zero-order valence-electron chi connectivity index (χ0n) is 14.2. The Morgan fingerprint density at radius 3 is 2.96 bits per heavy atom. The summed E-state index contributed by atoms with van der Waals surface area (Å²) in [7, 11) is 1.94. The number of hydrogen-bond acceptors (Lipinski definition) is 6. The van der Waals surface area contributed by atoms with Crippen molar-refractivity contribution < 1.29 is 4.79 Å². The van der Waals surface area contributed by atoms with E-state index in [2.05, 4.69) is 25.8 Å². The molecule has 2 aromatic heterocycles. The number of rotatable bonds is 3. The predicted molar refractivity (Wildman–Crippen MR) is 96.3 cm³/mol. The van der Waals surface area contributed by atoms with Gasteiger partial charge in [0.25, 0.3) is 5.91 Å². The number of aromatic nitrogens is 6. The number of tetrazole rings is 1. The summed E-state index contributed by atoms with van der Waals surface area (Å²) >= 11 is 0. The number of piperazine rings is 1. The number of amides is 1. The summed E-state index contributed by atoms with van der Waals surface area (Å²) in [6, 6.07) is 7.21. The Bertz CT molecular complexity index is 878. The highest BCUT2D eigenvalue weighted by molar-refractivity contribution is 5.95. The second kappa shape index (κ2) is 7.63. The van der Waals surface area contributed by atoms with Gasteiger partial charge in [-0.25, -0.2) is 9.67 Å². The van der Waals surface area contributed by atoms with Gasteiger partial charge >= 0.3 is 0 Å². The zero-order chi connectivity index (χ0) is 17.2. The topological polar surface area (TPSA) is 93.8 Å². The molecule has 3 aromatic rings. The Labute approximate surface area is 156 Å².